The molecule has 0 atom stereocenters. The number of carbonyl (C=O) groups is 2. The molecule has 0 bridgehead atoms. The predicted octanol–water partition coefficient (Wildman–Crippen LogP) is -0.0883. The highest BCUT2D eigenvalue weighted by molar-refractivity contribution is 5.99. The number of hydrogen-bond acceptors (Lipinski definition) is 4. The zero-order valence-electron chi connectivity index (χ0n) is 11.9. The average molecular weight is 294 g/mol. The van der Waals surface area contributed by atoms with Crippen molar-refractivity contribution in [1.29, 1.82) is 0 Å². The van der Waals surface area contributed by atoms with Gasteiger partial charge in [0, 0.05) is 38.9 Å². The van der Waals surface area contributed by atoms with E-state index < -0.39 is 5.82 Å². The van der Waals surface area contributed by atoms with Crippen molar-refractivity contribution < 1.29 is 14.0 Å². The van der Waals surface area contributed by atoms with Crippen LogP contribution in [0.2, 0.25) is 0 Å². The number of rotatable bonds is 3. The molecule has 1 heterocycles. The number of halogens is 1. The first-order valence-electron chi connectivity index (χ1n) is 6.78. The number of nitrogen functional groups attached to an aromatic ring is 1. The fraction of sp³-hybridized carbons (Fsp3) is 0.429. The minimum atomic E-state index is -0.459. The first-order valence-corrected chi connectivity index (χ1v) is 6.78. The van der Waals surface area contributed by atoms with Gasteiger partial charge in [-0.25, -0.2) is 4.39 Å². The Balaban J connectivity index is 1.95. The Kier molecular flexibility index (Phi) is 4.74. The molecule has 1 fully saturated rings. The minimum absolute atomic E-state index is 0.0439. The standard InChI is InChI=1S/C14H19FN4O2/c1-17-13(20)9-18-4-6-19(7-5-18)14(21)11-3-2-10(15)8-12(11)16/h2-3,8H,4-7,9,16H2,1H3,(H,17,20). The van der Waals surface area contributed by atoms with Crippen molar-refractivity contribution in [2.24, 2.45) is 0 Å². The SMILES string of the molecule is CNC(=O)CN1CCN(C(=O)c2ccc(F)cc2N)CC1. The van der Waals surface area contributed by atoms with E-state index in [0.29, 0.717) is 38.3 Å². The number of hydrogen-bond donors (Lipinski definition) is 2. The highest BCUT2D eigenvalue weighted by Crippen LogP contribution is 2.16. The molecule has 114 valence electrons. The minimum Gasteiger partial charge on any atom is -0.398 e. The van der Waals surface area contributed by atoms with Crippen LogP contribution < -0.4 is 11.1 Å². The van der Waals surface area contributed by atoms with E-state index in [2.05, 4.69) is 5.32 Å². The van der Waals surface area contributed by atoms with Gasteiger partial charge in [-0.1, -0.05) is 0 Å². The fourth-order valence-corrected chi connectivity index (χ4v) is 2.29. The number of nitrogens with two attached hydrogens (primary N) is 1. The van der Waals surface area contributed by atoms with Gasteiger partial charge >= 0.3 is 0 Å². The normalized spacial score (nSPS) is 15.8. The van der Waals surface area contributed by atoms with Gasteiger partial charge in [-0.05, 0) is 18.2 Å². The third-order valence-electron chi connectivity index (χ3n) is 3.55. The van der Waals surface area contributed by atoms with Crippen LogP contribution in [0.3, 0.4) is 0 Å². The molecule has 21 heavy (non-hydrogen) atoms. The lowest BCUT2D eigenvalue weighted by Crippen LogP contribution is -2.51. The van der Waals surface area contributed by atoms with Crippen molar-refractivity contribution in [3.63, 3.8) is 0 Å². The molecular formula is C14H19FN4O2. The van der Waals surface area contributed by atoms with Gasteiger partial charge in [-0.2, -0.15) is 0 Å². The molecule has 0 saturated carbocycles. The van der Waals surface area contributed by atoms with Gasteiger partial charge in [0.1, 0.15) is 5.82 Å². The topological polar surface area (TPSA) is 78.7 Å². The number of amides is 2. The number of nitrogens with zero attached hydrogens (tertiary/aromatic N) is 2. The summed E-state index contributed by atoms with van der Waals surface area (Å²) >= 11 is 0. The lowest BCUT2D eigenvalue weighted by atomic mass is 10.1. The Morgan fingerprint density at radius 1 is 1.29 bits per heavy atom. The molecular weight excluding hydrogens is 275 g/mol. The molecule has 1 aliphatic heterocycles. The first kappa shape index (κ1) is 15.2. The van der Waals surface area contributed by atoms with E-state index in [1.807, 2.05) is 4.90 Å². The van der Waals surface area contributed by atoms with Crippen LogP contribution in [0.1, 0.15) is 10.4 Å². The molecule has 1 aromatic rings. The molecule has 0 unspecified atom stereocenters. The lowest BCUT2D eigenvalue weighted by Gasteiger charge is -2.34. The van der Waals surface area contributed by atoms with Crippen molar-refractivity contribution in [2.45, 2.75) is 0 Å². The van der Waals surface area contributed by atoms with E-state index in [-0.39, 0.29) is 17.5 Å². The molecule has 0 aromatic heterocycles. The van der Waals surface area contributed by atoms with E-state index >= 15 is 0 Å². The van der Waals surface area contributed by atoms with Crippen molar-refractivity contribution in [1.82, 2.24) is 15.1 Å². The number of anilines is 1. The van der Waals surface area contributed by atoms with Crippen molar-refractivity contribution in [3.8, 4) is 0 Å². The van der Waals surface area contributed by atoms with Gasteiger partial charge in [0.15, 0.2) is 0 Å². The monoisotopic (exact) mass is 294 g/mol. The van der Waals surface area contributed by atoms with Crippen molar-refractivity contribution in [2.75, 3.05) is 45.5 Å². The first-order chi connectivity index (χ1) is 10.0. The second-order valence-corrected chi connectivity index (χ2v) is 4.97. The summed E-state index contributed by atoms with van der Waals surface area (Å²) in [5.41, 5.74) is 6.15. The highest BCUT2D eigenvalue weighted by Gasteiger charge is 2.24. The molecule has 2 amide bonds. The van der Waals surface area contributed by atoms with Crippen molar-refractivity contribution in [3.05, 3.63) is 29.6 Å². The third-order valence-corrected chi connectivity index (χ3v) is 3.55. The second-order valence-electron chi connectivity index (χ2n) is 4.97. The average Bonchev–Trinajstić information content (AvgIpc) is 2.47. The van der Waals surface area contributed by atoms with Crippen LogP contribution in [0.4, 0.5) is 10.1 Å². The summed E-state index contributed by atoms with van der Waals surface area (Å²) in [6, 6.07) is 3.78. The summed E-state index contributed by atoms with van der Waals surface area (Å²) < 4.78 is 13.0. The molecule has 1 saturated heterocycles. The fourth-order valence-electron chi connectivity index (χ4n) is 2.29. The molecule has 2 rings (SSSR count). The number of nitrogens with one attached hydrogen (secondary N) is 1. The second kappa shape index (κ2) is 6.53. The largest absolute Gasteiger partial charge is 0.398 e. The smallest absolute Gasteiger partial charge is 0.256 e. The van der Waals surface area contributed by atoms with Gasteiger partial charge in [0.2, 0.25) is 5.91 Å². The molecule has 1 aliphatic rings. The zero-order chi connectivity index (χ0) is 15.4. The summed E-state index contributed by atoms with van der Waals surface area (Å²) in [5.74, 6) is -0.705. The molecule has 6 nitrogen and oxygen atoms in total. The summed E-state index contributed by atoms with van der Waals surface area (Å²) in [4.78, 5) is 27.3. The van der Waals surface area contributed by atoms with Gasteiger partial charge < -0.3 is 16.0 Å². The summed E-state index contributed by atoms with van der Waals surface area (Å²) in [6.07, 6.45) is 0. The third kappa shape index (κ3) is 3.69. The Morgan fingerprint density at radius 3 is 2.52 bits per heavy atom. The number of carbonyl (C=O) groups excluding carboxylic acids is 2. The zero-order valence-corrected chi connectivity index (χ0v) is 11.9. The predicted molar refractivity (Wildman–Crippen MR) is 77.2 cm³/mol. The Hall–Kier alpha value is -2.15. The quantitative estimate of drug-likeness (QED) is 0.764. The molecule has 0 radical (unpaired) electrons. The molecule has 0 aliphatic carbocycles. The lowest BCUT2D eigenvalue weighted by molar-refractivity contribution is -0.122. The van der Waals surface area contributed by atoms with Gasteiger partial charge in [-0.3, -0.25) is 14.5 Å². The van der Waals surface area contributed by atoms with Crippen LogP contribution in [0.5, 0.6) is 0 Å². The highest BCUT2D eigenvalue weighted by atomic mass is 19.1. The van der Waals surface area contributed by atoms with Crippen LogP contribution in [0, 0.1) is 5.82 Å². The molecule has 0 spiro atoms. The molecule has 7 heteroatoms. The van der Waals surface area contributed by atoms with Crippen LogP contribution in [-0.2, 0) is 4.79 Å². The van der Waals surface area contributed by atoms with E-state index in [0.717, 1.165) is 6.07 Å². The van der Waals surface area contributed by atoms with Crippen LogP contribution >= 0.6 is 0 Å². The van der Waals surface area contributed by atoms with Gasteiger partial charge in [0.05, 0.1) is 12.1 Å². The number of benzene rings is 1. The molecule has 3 N–H and O–H groups in total. The van der Waals surface area contributed by atoms with E-state index in [9.17, 15) is 14.0 Å². The molecule has 1 aromatic carbocycles. The Morgan fingerprint density at radius 2 is 1.95 bits per heavy atom. The van der Waals surface area contributed by atoms with E-state index in [4.69, 9.17) is 5.73 Å². The van der Waals surface area contributed by atoms with Gasteiger partial charge in [-0.15, -0.1) is 0 Å². The maximum atomic E-state index is 13.0. The summed E-state index contributed by atoms with van der Waals surface area (Å²) in [7, 11) is 1.60. The number of piperazine rings is 1. The Bertz CT molecular complexity index is 542. The van der Waals surface area contributed by atoms with Crippen LogP contribution in [0.25, 0.3) is 0 Å². The maximum absolute atomic E-state index is 13.0. The Labute approximate surface area is 122 Å². The maximum Gasteiger partial charge on any atom is 0.256 e. The van der Waals surface area contributed by atoms with Crippen LogP contribution in [0.15, 0.2) is 18.2 Å². The van der Waals surface area contributed by atoms with Crippen LogP contribution in [-0.4, -0.2) is 61.4 Å². The number of likely N-dealkylation sites (N-methyl/N-ethyl adjacent to an activating group) is 1. The van der Waals surface area contributed by atoms with E-state index in [1.165, 1.54) is 12.1 Å². The summed E-state index contributed by atoms with van der Waals surface area (Å²) in [6.45, 7) is 2.62. The van der Waals surface area contributed by atoms with Gasteiger partial charge in [0.25, 0.3) is 5.91 Å². The van der Waals surface area contributed by atoms with Crippen molar-refractivity contribution >= 4 is 17.5 Å². The summed E-state index contributed by atoms with van der Waals surface area (Å²) in [5, 5.41) is 2.57. The van der Waals surface area contributed by atoms with E-state index in [1.54, 1.807) is 11.9 Å².